The molecule has 1 aliphatic carbocycles. The van der Waals surface area contributed by atoms with E-state index in [9.17, 15) is 0 Å². The second-order valence-corrected chi connectivity index (χ2v) is 6.25. The van der Waals surface area contributed by atoms with Crippen molar-refractivity contribution in [3.05, 3.63) is 28.8 Å². The van der Waals surface area contributed by atoms with Gasteiger partial charge >= 0.3 is 0 Å². The van der Waals surface area contributed by atoms with E-state index < -0.39 is 0 Å². The Hall–Kier alpha value is -0.730. The fourth-order valence-electron chi connectivity index (χ4n) is 3.15. The number of rotatable bonds is 6. The number of hydrogen-bond donors (Lipinski definition) is 1. The Balaban J connectivity index is 1.79. The zero-order valence-corrected chi connectivity index (χ0v) is 13.4. The first-order valence-corrected chi connectivity index (χ1v) is 8.14. The van der Waals surface area contributed by atoms with Gasteiger partial charge in [0.25, 0.3) is 0 Å². The lowest BCUT2D eigenvalue weighted by Crippen LogP contribution is -2.26. The molecular formula is C17H26ClNO. The van der Waals surface area contributed by atoms with Gasteiger partial charge in [0.1, 0.15) is 5.75 Å². The van der Waals surface area contributed by atoms with Gasteiger partial charge in [-0.05, 0) is 43.4 Å². The predicted molar refractivity (Wildman–Crippen MR) is 85.4 cm³/mol. The third-order valence-electron chi connectivity index (χ3n) is 4.57. The number of halogens is 1. The van der Waals surface area contributed by atoms with E-state index in [1.54, 1.807) is 7.11 Å². The van der Waals surface area contributed by atoms with E-state index in [0.717, 1.165) is 41.3 Å². The highest BCUT2D eigenvalue weighted by Gasteiger charge is 2.19. The lowest BCUT2D eigenvalue weighted by atomic mass is 9.81. The maximum atomic E-state index is 6.25. The molecule has 0 atom stereocenters. The Bertz CT molecular complexity index is 413. The molecule has 1 N–H and O–H groups in total. The third kappa shape index (κ3) is 4.13. The van der Waals surface area contributed by atoms with Crippen LogP contribution in [0.2, 0.25) is 5.02 Å². The summed E-state index contributed by atoms with van der Waals surface area (Å²) in [6.07, 6.45) is 6.88. The van der Waals surface area contributed by atoms with Crippen LogP contribution in [0.25, 0.3) is 0 Å². The summed E-state index contributed by atoms with van der Waals surface area (Å²) in [6, 6.07) is 5.82. The summed E-state index contributed by atoms with van der Waals surface area (Å²) in [4.78, 5) is 0. The Kier molecular flexibility index (Phi) is 6.18. The quantitative estimate of drug-likeness (QED) is 0.824. The highest BCUT2D eigenvalue weighted by atomic mass is 35.5. The number of ether oxygens (including phenoxy) is 1. The molecule has 0 aromatic heterocycles. The predicted octanol–water partition coefficient (Wildman–Crippen LogP) is 4.65. The van der Waals surface area contributed by atoms with Gasteiger partial charge in [0.05, 0.1) is 7.11 Å². The number of hydrogen-bond acceptors (Lipinski definition) is 2. The Morgan fingerprint density at radius 3 is 2.55 bits per heavy atom. The summed E-state index contributed by atoms with van der Waals surface area (Å²) in [5, 5.41) is 4.34. The van der Waals surface area contributed by atoms with Crippen molar-refractivity contribution in [1.82, 2.24) is 5.32 Å². The summed E-state index contributed by atoms with van der Waals surface area (Å²) < 4.78 is 5.37. The van der Waals surface area contributed by atoms with Gasteiger partial charge < -0.3 is 10.1 Å². The normalized spacial score (nSPS) is 22.8. The molecule has 0 aliphatic heterocycles. The van der Waals surface area contributed by atoms with Gasteiger partial charge in [-0.25, -0.2) is 0 Å². The zero-order chi connectivity index (χ0) is 14.4. The summed E-state index contributed by atoms with van der Waals surface area (Å²) in [5.41, 5.74) is 1.07. The average Bonchev–Trinajstić information content (AvgIpc) is 2.49. The molecule has 1 aromatic carbocycles. The largest absolute Gasteiger partial charge is 0.496 e. The average molecular weight is 296 g/mol. The molecule has 0 radical (unpaired) electrons. The van der Waals surface area contributed by atoms with Gasteiger partial charge in [-0.2, -0.15) is 0 Å². The lowest BCUT2D eigenvalue weighted by Gasteiger charge is -2.28. The van der Waals surface area contributed by atoms with E-state index in [2.05, 4.69) is 12.2 Å². The second kappa shape index (κ2) is 7.90. The van der Waals surface area contributed by atoms with Crippen molar-refractivity contribution in [3.8, 4) is 5.75 Å². The van der Waals surface area contributed by atoms with E-state index in [1.165, 1.54) is 32.1 Å². The van der Waals surface area contributed by atoms with Crippen LogP contribution < -0.4 is 10.1 Å². The minimum Gasteiger partial charge on any atom is -0.496 e. The molecule has 0 saturated heterocycles. The van der Waals surface area contributed by atoms with Crippen molar-refractivity contribution in [2.24, 2.45) is 11.8 Å². The van der Waals surface area contributed by atoms with Gasteiger partial charge in [-0.15, -0.1) is 0 Å². The van der Waals surface area contributed by atoms with E-state index in [0.29, 0.717) is 0 Å². The van der Waals surface area contributed by atoms with Crippen LogP contribution >= 0.6 is 11.6 Å². The molecule has 0 unspecified atom stereocenters. The molecule has 0 spiro atoms. The fraction of sp³-hybridized carbons (Fsp3) is 0.647. The molecule has 1 aliphatic rings. The molecule has 112 valence electrons. The molecule has 1 saturated carbocycles. The number of methoxy groups -OCH3 is 1. The van der Waals surface area contributed by atoms with Crippen LogP contribution in [0.5, 0.6) is 5.75 Å². The Morgan fingerprint density at radius 1 is 1.20 bits per heavy atom. The highest BCUT2D eigenvalue weighted by molar-refractivity contribution is 6.31. The first-order chi connectivity index (χ1) is 9.74. The first-order valence-electron chi connectivity index (χ1n) is 7.76. The minimum atomic E-state index is 0.784. The van der Waals surface area contributed by atoms with Crippen LogP contribution in [0, 0.1) is 11.8 Å². The van der Waals surface area contributed by atoms with E-state index >= 15 is 0 Å². The molecule has 1 aromatic rings. The van der Waals surface area contributed by atoms with E-state index in [-0.39, 0.29) is 0 Å². The van der Waals surface area contributed by atoms with Crippen molar-refractivity contribution in [2.75, 3.05) is 13.7 Å². The monoisotopic (exact) mass is 295 g/mol. The molecule has 2 nitrogen and oxygen atoms in total. The number of nitrogens with one attached hydrogen (secondary N) is 1. The van der Waals surface area contributed by atoms with Crippen LogP contribution in [0.1, 0.15) is 44.6 Å². The van der Waals surface area contributed by atoms with Gasteiger partial charge in [-0.1, -0.05) is 43.9 Å². The summed E-state index contributed by atoms with van der Waals surface area (Å²) in [5.74, 6) is 2.67. The van der Waals surface area contributed by atoms with Gasteiger partial charge in [-0.3, -0.25) is 0 Å². The molecule has 1 fully saturated rings. The van der Waals surface area contributed by atoms with Crippen LogP contribution in [-0.4, -0.2) is 13.7 Å². The summed E-state index contributed by atoms with van der Waals surface area (Å²) in [6.45, 7) is 4.19. The molecule has 2 rings (SSSR count). The SMILES string of the molecule is CCC1CCC(CNCc2c(Cl)cccc2OC)CC1. The second-order valence-electron chi connectivity index (χ2n) is 5.85. The zero-order valence-electron chi connectivity index (χ0n) is 12.6. The first kappa shape index (κ1) is 15.7. The van der Waals surface area contributed by atoms with Crippen LogP contribution in [0.4, 0.5) is 0 Å². The molecule has 3 heteroatoms. The maximum Gasteiger partial charge on any atom is 0.124 e. The molecule has 0 bridgehead atoms. The Labute approximate surface area is 127 Å². The molecular weight excluding hydrogens is 270 g/mol. The number of benzene rings is 1. The molecule has 0 heterocycles. The fourth-order valence-corrected chi connectivity index (χ4v) is 3.38. The van der Waals surface area contributed by atoms with Crippen molar-refractivity contribution in [1.29, 1.82) is 0 Å². The van der Waals surface area contributed by atoms with Crippen LogP contribution in [0.15, 0.2) is 18.2 Å². The maximum absolute atomic E-state index is 6.25. The van der Waals surface area contributed by atoms with Crippen molar-refractivity contribution in [2.45, 2.75) is 45.6 Å². The standard InChI is InChI=1S/C17H26ClNO/c1-3-13-7-9-14(10-8-13)11-19-12-15-16(18)5-4-6-17(15)20-2/h4-6,13-14,19H,3,7-12H2,1-2H3. The van der Waals surface area contributed by atoms with Gasteiger partial charge in [0.15, 0.2) is 0 Å². The molecule has 20 heavy (non-hydrogen) atoms. The molecule has 0 amide bonds. The van der Waals surface area contributed by atoms with Crippen molar-refractivity contribution in [3.63, 3.8) is 0 Å². The topological polar surface area (TPSA) is 21.3 Å². The lowest BCUT2D eigenvalue weighted by molar-refractivity contribution is 0.262. The minimum absolute atomic E-state index is 0.784. The third-order valence-corrected chi connectivity index (χ3v) is 4.93. The highest BCUT2D eigenvalue weighted by Crippen LogP contribution is 2.30. The van der Waals surface area contributed by atoms with E-state index in [1.807, 2.05) is 18.2 Å². The summed E-state index contributed by atoms with van der Waals surface area (Å²) in [7, 11) is 1.70. The van der Waals surface area contributed by atoms with Crippen LogP contribution in [0.3, 0.4) is 0 Å². The summed E-state index contributed by atoms with van der Waals surface area (Å²) >= 11 is 6.25. The van der Waals surface area contributed by atoms with Crippen LogP contribution in [-0.2, 0) is 6.54 Å². The Morgan fingerprint density at radius 2 is 1.90 bits per heavy atom. The van der Waals surface area contributed by atoms with Crippen molar-refractivity contribution >= 4 is 11.6 Å². The van der Waals surface area contributed by atoms with Gasteiger partial charge in [0, 0.05) is 17.1 Å². The van der Waals surface area contributed by atoms with E-state index in [4.69, 9.17) is 16.3 Å². The van der Waals surface area contributed by atoms with Crippen molar-refractivity contribution < 1.29 is 4.74 Å². The van der Waals surface area contributed by atoms with Gasteiger partial charge in [0.2, 0.25) is 0 Å². The smallest absolute Gasteiger partial charge is 0.124 e.